The van der Waals surface area contributed by atoms with Crippen LogP contribution in [0.25, 0.3) is 0 Å². The molecule has 0 saturated carbocycles. The van der Waals surface area contributed by atoms with Gasteiger partial charge in [0, 0.05) is 12.8 Å². The minimum Gasteiger partial charge on any atom is -0.444 e. The highest BCUT2D eigenvalue weighted by Gasteiger charge is 2.35. The van der Waals surface area contributed by atoms with Gasteiger partial charge in [0.05, 0.1) is 0 Å². The second kappa shape index (κ2) is 7.62. The van der Waals surface area contributed by atoms with E-state index in [9.17, 15) is 19.5 Å². The molecule has 0 bridgehead atoms. The SMILES string of the molecule is CC(C)(C)OC(=O)NC(c1ccccc1)[C@H](O)ON1C(=O)CCC1=O. The fourth-order valence-electron chi connectivity index (χ4n) is 2.26. The molecule has 25 heavy (non-hydrogen) atoms. The van der Waals surface area contributed by atoms with E-state index >= 15 is 0 Å². The molecule has 0 aliphatic carbocycles. The summed E-state index contributed by atoms with van der Waals surface area (Å²) in [5.74, 6) is -1.07. The summed E-state index contributed by atoms with van der Waals surface area (Å²) in [6.07, 6.45) is -2.36. The lowest BCUT2D eigenvalue weighted by molar-refractivity contribution is -0.252. The number of rotatable bonds is 5. The minimum absolute atomic E-state index is 0.0288. The number of carbonyl (C=O) groups excluding carboxylic acids is 3. The second-order valence-corrected chi connectivity index (χ2v) is 6.61. The van der Waals surface area contributed by atoms with Gasteiger partial charge in [-0.05, 0) is 26.3 Å². The van der Waals surface area contributed by atoms with Gasteiger partial charge in [0.15, 0.2) is 0 Å². The predicted octanol–water partition coefficient (Wildman–Crippen LogP) is 1.65. The van der Waals surface area contributed by atoms with E-state index in [0.29, 0.717) is 10.6 Å². The molecule has 0 radical (unpaired) electrons. The molecule has 1 fully saturated rings. The lowest BCUT2D eigenvalue weighted by Gasteiger charge is -2.28. The zero-order valence-corrected chi connectivity index (χ0v) is 14.4. The van der Waals surface area contributed by atoms with Crippen LogP contribution in [0.15, 0.2) is 30.3 Å². The van der Waals surface area contributed by atoms with Crippen molar-refractivity contribution >= 4 is 17.9 Å². The molecule has 1 heterocycles. The van der Waals surface area contributed by atoms with E-state index in [2.05, 4.69) is 5.32 Å². The predicted molar refractivity (Wildman–Crippen MR) is 86.7 cm³/mol. The zero-order chi connectivity index (χ0) is 18.6. The topological polar surface area (TPSA) is 105 Å². The molecule has 3 amide bonds. The van der Waals surface area contributed by atoms with E-state index in [0.717, 1.165) is 0 Å². The Kier molecular flexibility index (Phi) is 5.76. The van der Waals surface area contributed by atoms with Crippen LogP contribution in [-0.4, -0.2) is 40.0 Å². The number of alkyl carbamates (subject to hydrolysis) is 1. The van der Waals surface area contributed by atoms with Gasteiger partial charge in [-0.2, -0.15) is 5.06 Å². The third-order valence-electron chi connectivity index (χ3n) is 3.34. The van der Waals surface area contributed by atoms with Crippen LogP contribution < -0.4 is 5.32 Å². The first-order valence-electron chi connectivity index (χ1n) is 7.92. The number of aliphatic hydroxyl groups is 1. The van der Waals surface area contributed by atoms with Crippen molar-refractivity contribution in [2.75, 3.05) is 0 Å². The van der Waals surface area contributed by atoms with Gasteiger partial charge in [0.2, 0.25) is 6.29 Å². The number of aliphatic hydroxyl groups excluding tert-OH is 1. The Morgan fingerprint density at radius 1 is 1.16 bits per heavy atom. The number of amides is 3. The summed E-state index contributed by atoms with van der Waals surface area (Å²) >= 11 is 0. The van der Waals surface area contributed by atoms with Gasteiger partial charge in [-0.25, -0.2) is 9.63 Å². The monoisotopic (exact) mass is 350 g/mol. The number of hydrogen-bond donors (Lipinski definition) is 2. The fourth-order valence-corrected chi connectivity index (χ4v) is 2.26. The van der Waals surface area contributed by atoms with Gasteiger partial charge in [0.1, 0.15) is 11.6 Å². The van der Waals surface area contributed by atoms with Crippen LogP contribution in [0.5, 0.6) is 0 Å². The second-order valence-electron chi connectivity index (χ2n) is 6.61. The third-order valence-corrected chi connectivity index (χ3v) is 3.34. The van der Waals surface area contributed by atoms with E-state index in [1.54, 1.807) is 51.1 Å². The quantitative estimate of drug-likeness (QED) is 0.618. The zero-order valence-electron chi connectivity index (χ0n) is 14.4. The molecule has 8 nitrogen and oxygen atoms in total. The van der Waals surface area contributed by atoms with E-state index in [4.69, 9.17) is 9.57 Å². The van der Waals surface area contributed by atoms with Crippen molar-refractivity contribution in [1.29, 1.82) is 0 Å². The first-order chi connectivity index (χ1) is 11.7. The van der Waals surface area contributed by atoms with E-state index in [1.807, 2.05) is 0 Å². The number of nitrogens with one attached hydrogen (secondary N) is 1. The molecule has 2 N–H and O–H groups in total. The molecule has 2 rings (SSSR count). The van der Waals surface area contributed by atoms with Crippen LogP contribution in [0.4, 0.5) is 4.79 Å². The van der Waals surface area contributed by atoms with Crippen molar-refractivity contribution in [2.24, 2.45) is 0 Å². The molecule has 1 aromatic carbocycles. The molecular weight excluding hydrogens is 328 g/mol. The fraction of sp³-hybridized carbons (Fsp3) is 0.471. The van der Waals surface area contributed by atoms with Gasteiger partial charge in [0.25, 0.3) is 11.8 Å². The molecular formula is C17H22N2O6. The maximum Gasteiger partial charge on any atom is 0.408 e. The number of carbonyl (C=O) groups is 3. The molecule has 1 unspecified atom stereocenters. The van der Waals surface area contributed by atoms with Gasteiger partial charge < -0.3 is 15.2 Å². The van der Waals surface area contributed by atoms with Crippen LogP contribution in [0, 0.1) is 0 Å². The highest BCUT2D eigenvalue weighted by atomic mass is 16.8. The van der Waals surface area contributed by atoms with E-state index in [-0.39, 0.29) is 12.8 Å². The van der Waals surface area contributed by atoms with Crippen LogP contribution in [0.3, 0.4) is 0 Å². The third kappa shape index (κ3) is 5.27. The van der Waals surface area contributed by atoms with Crippen molar-refractivity contribution < 1.29 is 29.1 Å². The van der Waals surface area contributed by atoms with Crippen LogP contribution in [-0.2, 0) is 19.2 Å². The highest BCUT2D eigenvalue weighted by molar-refractivity contribution is 6.00. The molecule has 136 valence electrons. The molecule has 1 aliphatic heterocycles. The largest absolute Gasteiger partial charge is 0.444 e. The van der Waals surface area contributed by atoms with Gasteiger partial charge in [-0.1, -0.05) is 30.3 Å². The van der Waals surface area contributed by atoms with Gasteiger partial charge >= 0.3 is 6.09 Å². The normalized spacial score (nSPS) is 17.4. The Hall–Kier alpha value is -2.45. The lowest BCUT2D eigenvalue weighted by atomic mass is 10.1. The maximum absolute atomic E-state index is 12.1. The number of benzene rings is 1. The van der Waals surface area contributed by atoms with Crippen LogP contribution in [0.1, 0.15) is 45.2 Å². The summed E-state index contributed by atoms with van der Waals surface area (Å²) in [5, 5.41) is 13.4. The Labute approximate surface area is 145 Å². The molecule has 1 saturated heterocycles. The highest BCUT2D eigenvalue weighted by Crippen LogP contribution is 2.22. The summed E-state index contributed by atoms with van der Waals surface area (Å²) in [4.78, 5) is 40.5. The standard InChI is InChI=1S/C17H22N2O6/c1-17(2,3)24-16(23)18-14(11-7-5-4-6-8-11)15(22)25-19-12(20)9-10-13(19)21/h4-8,14-15,22H,9-10H2,1-3H3,(H,18,23)/t14?,15-/m1/s1. The van der Waals surface area contributed by atoms with Crippen molar-refractivity contribution in [3.05, 3.63) is 35.9 Å². The van der Waals surface area contributed by atoms with E-state index in [1.165, 1.54) is 0 Å². The van der Waals surface area contributed by atoms with E-state index < -0.39 is 35.8 Å². The molecule has 2 atom stereocenters. The lowest BCUT2D eigenvalue weighted by Crippen LogP contribution is -2.44. The molecule has 1 aliphatic rings. The van der Waals surface area contributed by atoms with Gasteiger partial charge in [-0.3, -0.25) is 9.59 Å². The summed E-state index contributed by atoms with van der Waals surface area (Å²) in [7, 11) is 0. The van der Waals surface area contributed by atoms with Crippen molar-refractivity contribution in [2.45, 2.75) is 51.5 Å². The van der Waals surface area contributed by atoms with Crippen LogP contribution in [0.2, 0.25) is 0 Å². The molecule has 0 aromatic heterocycles. The van der Waals surface area contributed by atoms with Gasteiger partial charge in [-0.15, -0.1) is 0 Å². The smallest absolute Gasteiger partial charge is 0.408 e. The number of imide groups is 1. The van der Waals surface area contributed by atoms with Crippen molar-refractivity contribution in [3.63, 3.8) is 0 Å². The number of nitrogens with zero attached hydrogens (tertiary/aromatic N) is 1. The average molecular weight is 350 g/mol. The average Bonchev–Trinajstić information content (AvgIpc) is 2.83. The minimum atomic E-state index is -1.65. The Bertz CT molecular complexity index is 624. The Morgan fingerprint density at radius 3 is 2.24 bits per heavy atom. The first-order valence-corrected chi connectivity index (χ1v) is 7.92. The number of hydrogen-bond acceptors (Lipinski definition) is 6. The summed E-state index contributed by atoms with van der Waals surface area (Å²) < 4.78 is 5.19. The summed E-state index contributed by atoms with van der Waals surface area (Å²) in [6.45, 7) is 5.12. The van der Waals surface area contributed by atoms with Crippen molar-refractivity contribution in [3.8, 4) is 0 Å². The Balaban J connectivity index is 2.15. The van der Waals surface area contributed by atoms with Crippen molar-refractivity contribution in [1.82, 2.24) is 10.4 Å². The molecule has 1 aromatic rings. The molecule has 8 heteroatoms. The van der Waals surface area contributed by atoms with Crippen LogP contribution >= 0.6 is 0 Å². The summed E-state index contributed by atoms with van der Waals surface area (Å²) in [6, 6.07) is 7.52. The number of ether oxygens (including phenoxy) is 1. The first kappa shape index (κ1) is 18.9. The Morgan fingerprint density at radius 2 is 1.72 bits per heavy atom. The molecule has 0 spiro atoms. The summed E-state index contributed by atoms with van der Waals surface area (Å²) in [5.41, 5.74) is -0.196. The number of hydroxylamine groups is 2. The maximum atomic E-state index is 12.1.